The van der Waals surface area contributed by atoms with Gasteiger partial charge in [0, 0.05) is 12.3 Å². The van der Waals surface area contributed by atoms with E-state index in [1.54, 1.807) is 6.08 Å². The van der Waals surface area contributed by atoms with Crippen LogP contribution < -0.4 is 0 Å². The lowest BCUT2D eigenvalue weighted by Crippen LogP contribution is -2.17. The molecule has 17 heavy (non-hydrogen) atoms. The molecule has 0 amide bonds. The predicted octanol–water partition coefficient (Wildman–Crippen LogP) is 3.13. The topological polar surface area (TPSA) is 26.3 Å². The van der Waals surface area contributed by atoms with Crippen molar-refractivity contribution in [2.45, 2.75) is 26.4 Å². The molecule has 2 rings (SSSR count). The summed E-state index contributed by atoms with van der Waals surface area (Å²) in [4.78, 5) is 11.2. The van der Waals surface area contributed by atoms with Crippen molar-refractivity contribution in [3.63, 3.8) is 0 Å². The molecule has 0 N–H and O–H groups in total. The highest BCUT2D eigenvalue weighted by Gasteiger charge is 2.18. The molecule has 0 aliphatic heterocycles. The first-order chi connectivity index (χ1) is 8.25. The largest absolute Gasteiger partial charge is 0.376 e. The lowest BCUT2D eigenvalue weighted by Gasteiger charge is -2.21. The highest BCUT2D eigenvalue weighted by Crippen LogP contribution is 2.23. The molecule has 0 unspecified atom stereocenters. The quantitative estimate of drug-likeness (QED) is 0.794. The SMILES string of the molecule is CC1=CC(=O)CC[C@H]1COCc1ccccc1. The van der Waals surface area contributed by atoms with Gasteiger partial charge in [-0.25, -0.2) is 0 Å². The van der Waals surface area contributed by atoms with Gasteiger partial charge in [0.2, 0.25) is 0 Å². The second kappa shape index (κ2) is 5.78. The van der Waals surface area contributed by atoms with Crippen LogP contribution >= 0.6 is 0 Å². The number of hydrogen-bond donors (Lipinski definition) is 0. The minimum Gasteiger partial charge on any atom is -0.376 e. The zero-order valence-corrected chi connectivity index (χ0v) is 10.2. The van der Waals surface area contributed by atoms with Gasteiger partial charge >= 0.3 is 0 Å². The molecule has 0 aromatic heterocycles. The van der Waals surface area contributed by atoms with Crippen molar-refractivity contribution >= 4 is 5.78 Å². The molecule has 2 nitrogen and oxygen atoms in total. The van der Waals surface area contributed by atoms with E-state index in [2.05, 4.69) is 12.1 Å². The zero-order chi connectivity index (χ0) is 12.1. The van der Waals surface area contributed by atoms with Crippen molar-refractivity contribution in [2.75, 3.05) is 6.61 Å². The van der Waals surface area contributed by atoms with Crippen LogP contribution in [0.4, 0.5) is 0 Å². The van der Waals surface area contributed by atoms with Gasteiger partial charge in [0.15, 0.2) is 5.78 Å². The Labute approximate surface area is 102 Å². The van der Waals surface area contributed by atoms with E-state index < -0.39 is 0 Å². The molecule has 0 fully saturated rings. The first-order valence-corrected chi connectivity index (χ1v) is 6.08. The molecule has 1 aromatic carbocycles. The van der Waals surface area contributed by atoms with E-state index >= 15 is 0 Å². The van der Waals surface area contributed by atoms with Gasteiger partial charge in [0.05, 0.1) is 13.2 Å². The second-order valence-electron chi connectivity index (χ2n) is 4.59. The lowest BCUT2D eigenvalue weighted by molar-refractivity contribution is -0.115. The molecule has 0 bridgehead atoms. The fraction of sp³-hybridized carbons (Fsp3) is 0.400. The summed E-state index contributed by atoms with van der Waals surface area (Å²) in [6.45, 7) is 3.39. The van der Waals surface area contributed by atoms with Gasteiger partial charge in [-0.05, 0) is 25.0 Å². The molecule has 0 spiro atoms. The Morgan fingerprint density at radius 2 is 2.06 bits per heavy atom. The molecule has 1 aliphatic carbocycles. The van der Waals surface area contributed by atoms with Crippen molar-refractivity contribution in [2.24, 2.45) is 5.92 Å². The maximum Gasteiger partial charge on any atom is 0.155 e. The number of carbonyl (C=O) groups excluding carboxylic acids is 1. The Bertz CT molecular complexity index is 406. The Balaban J connectivity index is 1.80. The van der Waals surface area contributed by atoms with Gasteiger partial charge in [-0.2, -0.15) is 0 Å². The van der Waals surface area contributed by atoms with Crippen molar-refractivity contribution in [3.8, 4) is 0 Å². The summed E-state index contributed by atoms with van der Waals surface area (Å²) >= 11 is 0. The highest BCUT2D eigenvalue weighted by atomic mass is 16.5. The van der Waals surface area contributed by atoms with Gasteiger partial charge in [-0.15, -0.1) is 0 Å². The van der Waals surface area contributed by atoms with Crippen molar-refractivity contribution in [3.05, 3.63) is 47.5 Å². The summed E-state index contributed by atoms with van der Waals surface area (Å²) < 4.78 is 5.71. The summed E-state index contributed by atoms with van der Waals surface area (Å²) in [7, 11) is 0. The summed E-state index contributed by atoms with van der Waals surface area (Å²) in [5, 5.41) is 0. The van der Waals surface area contributed by atoms with Crippen LogP contribution in [-0.2, 0) is 16.1 Å². The Morgan fingerprint density at radius 1 is 1.29 bits per heavy atom. The standard InChI is InChI=1S/C15H18O2/c1-12-9-15(16)8-7-14(12)11-17-10-13-5-3-2-4-6-13/h2-6,9,14H,7-8,10-11H2,1H3/t14-/m0/s1. The van der Waals surface area contributed by atoms with E-state index in [0.717, 1.165) is 12.0 Å². The molecular weight excluding hydrogens is 212 g/mol. The van der Waals surface area contributed by atoms with E-state index in [1.165, 1.54) is 5.56 Å². The molecule has 0 saturated carbocycles. The minimum absolute atomic E-state index is 0.252. The van der Waals surface area contributed by atoms with Crippen molar-refractivity contribution in [1.29, 1.82) is 0 Å². The van der Waals surface area contributed by atoms with E-state index in [1.807, 2.05) is 25.1 Å². The van der Waals surface area contributed by atoms with Crippen LogP contribution in [-0.4, -0.2) is 12.4 Å². The van der Waals surface area contributed by atoms with Gasteiger partial charge in [-0.1, -0.05) is 35.9 Å². The monoisotopic (exact) mass is 230 g/mol. The summed E-state index contributed by atoms with van der Waals surface area (Å²) in [5.41, 5.74) is 2.36. The molecule has 2 heteroatoms. The average Bonchev–Trinajstić information content (AvgIpc) is 2.33. The van der Waals surface area contributed by atoms with Crippen LogP contribution in [0.2, 0.25) is 0 Å². The Morgan fingerprint density at radius 3 is 2.76 bits per heavy atom. The van der Waals surface area contributed by atoms with E-state index in [9.17, 15) is 4.79 Å². The second-order valence-corrected chi connectivity index (χ2v) is 4.59. The van der Waals surface area contributed by atoms with Crippen molar-refractivity contribution < 1.29 is 9.53 Å². The first kappa shape index (κ1) is 12.1. The van der Waals surface area contributed by atoms with Crippen LogP contribution in [0.5, 0.6) is 0 Å². The third-order valence-electron chi connectivity index (χ3n) is 3.20. The van der Waals surface area contributed by atoms with E-state index in [-0.39, 0.29) is 5.78 Å². The molecule has 0 saturated heterocycles. The van der Waals surface area contributed by atoms with Gasteiger partial charge < -0.3 is 4.74 Å². The Kier molecular flexibility index (Phi) is 4.10. The molecular formula is C15H18O2. The van der Waals surface area contributed by atoms with Crippen molar-refractivity contribution in [1.82, 2.24) is 0 Å². The van der Waals surface area contributed by atoms with Gasteiger partial charge in [0.25, 0.3) is 0 Å². The third-order valence-corrected chi connectivity index (χ3v) is 3.20. The smallest absolute Gasteiger partial charge is 0.155 e. The van der Waals surface area contributed by atoms with Gasteiger partial charge in [0.1, 0.15) is 0 Å². The summed E-state index contributed by atoms with van der Waals surface area (Å²) in [5.74, 6) is 0.665. The predicted molar refractivity (Wildman–Crippen MR) is 67.6 cm³/mol. The normalized spacial score (nSPS) is 20.2. The molecule has 0 radical (unpaired) electrons. The van der Waals surface area contributed by atoms with Crippen LogP contribution in [0.3, 0.4) is 0 Å². The van der Waals surface area contributed by atoms with E-state index in [0.29, 0.717) is 25.6 Å². The number of benzene rings is 1. The molecule has 1 aromatic rings. The maximum absolute atomic E-state index is 11.2. The number of ether oxygens (including phenoxy) is 1. The first-order valence-electron chi connectivity index (χ1n) is 6.08. The molecule has 1 aliphatic rings. The lowest BCUT2D eigenvalue weighted by atomic mass is 9.89. The fourth-order valence-corrected chi connectivity index (χ4v) is 2.10. The third kappa shape index (κ3) is 3.53. The number of hydrogen-bond acceptors (Lipinski definition) is 2. The van der Waals surface area contributed by atoms with E-state index in [4.69, 9.17) is 4.74 Å². The summed E-state index contributed by atoms with van der Waals surface area (Å²) in [6.07, 6.45) is 3.35. The fourth-order valence-electron chi connectivity index (χ4n) is 2.10. The highest BCUT2D eigenvalue weighted by molar-refractivity contribution is 5.91. The molecule has 90 valence electrons. The minimum atomic E-state index is 0.252. The number of allylic oxidation sites excluding steroid dienone is 1. The molecule has 0 heterocycles. The number of carbonyl (C=O) groups is 1. The Hall–Kier alpha value is -1.41. The molecule has 1 atom stereocenters. The summed E-state index contributed by atoms with van der Waals surface area (Å²) in [6, 6.07) is 10.2. The van der Waals surface area contributed by atoms with Crippen LogP contribution in [0, 0.1) is 5.92 Å². The van der Waals surface area contributed by atoms with Crippen LogP contribution in [0.1, 0.15) is 25.3 Å². The van der Waals surface area contributed by atoms with Crippen LogP contribution in [0.25, 0.3) is 0 Å². The number of rotatable bonds is 4. The zero-order valence-electron chi connectivity index (χ0n) is 10.2. The van der Waals surface area contributed by atoms with Crippen LogP contribution in [0.15, 0.2) is 42.0 Å². The van der Waals surface area contributed by atoms with Gasteiger partial charge in [-0.3, -0.25) is 4.79 Å². The average molecular weight is 230 g/mol. The maximum atomic E-state index is 11.2. The number of ketones is 1.